The second-order valence-corrected chi connectivity index (χ2v) is 7.29. The maximum Gasteiger partial charge on any atom is 0.268 e. The molecule has 2 aromatic heterocycles. The predicted molar refractivity (Wildman–Crippen MR) is 116 cm³/mol. The van der Waals surface area contributed by atoms with Gasteiger partial charge in [0, 0.05) is 11.1 Å². The van der Waals surface area contributed by atoms with Gasteiger partial charge in [-0.3, -0.25) is 9.88 Å². The zero-order chi connectivity index (χ0) is 22.0. The first-order chi connectivity index (χ1) is 15.0. The van der Waals surface area contributed by atoms with Crippen LogP contribution in [0.1, 0.15) is 17.5 Å². The molecule has 0 saturated heterocycles. The Labute approximate surface area is 180 Å². The summed E-state index contributed by atoms with van der Waals surface area (Å²) in [6, 6.07) is 15.0. The van der Waals surface area contributed by atoms with Crippen molar-refractivity contribution in [1.82, 2.24) is 25.1 Å². The normalized spacial score (nSPS) is 12.2. The largest absolute Gasteiger partial charge is 0.497 e. The maximum absolute atomic E-state index is 10.2. The lowest BCUT2D eigenvalue weighted by Gasteiger charge is -2.18. The molecular weight excluding hydrogens is 394 g/mol. The van der Waals surface area contributed by atoms with Crippen LogP contribution in [0.2, 0.25) is 0 Å². The minimum atomic E-state index is -0.665. The highest BCUT2D eigenvalue weighted by atomic mass is 16.5. The van der Waals surface area contributed by atoms with E-state index in [4.69, 9.17) is 14.1 Å². The van der Waals surface area contributed by atoms with Crippen molar-refractivity contribution in [3.63, 3.8) is 0 Å². The first-order valence-electron chi connectivity index (χ1n) is 9.73. The van der Waals surface area contributed by atoms with Crippen LogP contribution in [0.15, 0.2) is 59.1 Å². The Morgan fingerprint density at radius 2 is 1.74 bits per heavy atom. The van der Waals surface area contributed by atoms with Crippen LogP contribution in [0.3, 0.4) is 0 Å². The van der Waals surface area contributed by atoms with Crippen LogP contribution in [-0.2, 0) is 0 Å². The third kappa shape index (κ3) is 4.30. The first-order valence-corrected chi connectivity index (χ1v) is 9.73. The molecule has 31 heavy (non-hydrogen) atoms. The van der Waals surface area contributed by atoms with Crippen LogP contribution < -0.4 is 4.74 Å². The van der Waals surface area contributed by atoms with Gasteiger partial charge in [-0.25, -0.2) is 4.98 Å². The number of aryl methyl sites for hydroxylation is 1. The monoisotopic (exact) mass is 417 g/mol. The van der Waals surface area contributed by atoms with E-state index in [1.165, 1.54) is 0 Å². The van der Waals surface area contributed by atoms with E-state index < -0.39 is 6.23 Å². The fourth-order valence-corrected chi connectivity index (χ4v) is 3.11. The molecule has 158 valence electrons. The lowest BCUT2D eigenvalue weighted by molar-refractivity contribution is 0.0395. The van der Waals surface area contributed by atoms with E-state index in [-0.39, 0.29) is 0 Å². The SMILES string of the molecule is COc1cccc(-c2nnc(-c3nc(-c4ccc(C(O)N(C)C)cc4)cnc3C)o2)c1. The van der Waals surface area contributed by atoms with Crippen molar-refractivity contribution < 1.29 is 14.3 Å². The summed E-state index contributed by atoms with van der Waals surface area (Å²) in [7, 11) is 5.25. The van der Waals surface area contributed by atoms with Crippen LogP contribution in [0.5, 0.6) is 5.75 Å². The van der Waals surface area contributed by atoms with E-state index in [1.807, 2.05) is 69.6 Å². The smallest absolute Gasteiger partial charge is 0.268 e. The Morgan fingerprint density at radius 3 is 2.45 bits per heavy atom. The van der Waals surface area contributed by atoms with Crippen molar-refractivity contribution in [1.29, 1.82) is 0 Å². The van der Waals surface area contributed by atoms with Gasteiger partial charge in [0.1, 0.15) is 17.7 Å². The topological polar surface area (TPSA) is 97.4 Å². The van der Waals surface area contributed by atoms with Gasteiger partial charge in [-0.05, 0) is 44.8 Å². The Balaban J connectivity index is 1.65. The maximum atomic E-state index is 10.2. The average Bonchev–Trinajstić information content (AvgIpc) is 3.29. The molecule has 0 radical (unpaired) electrons. The van der Waals surface area contributed by atoms with Gasteiger partial charge in [-0.1, -0.05) is 30.3 Å². The Kier molecular flexibility index (Phi) is 5.75. The molecule has 1 unspecified atom stereocenters. The van der Waals surface area contributed by atoms with Gasteiger partial charge >= 0.3 is 0 Å². The highest BCUT2D eigenvalue weighted by molar-refractivity contribution is 5.64. The fourth-order valence-electron chi connectivity index (χ4n) is 3.11. The van der Waals surface area contributed by atoms with Crippen LogP contribution in [0.25, 0.3) is 34.3 Å². The highest BCUT2D eigenvalue weighted by Gasteiger charge is 2.17. The number of benzene rings is 2. The fraction of sp³-hybridized carbons (Fsp3) is 0.217. The van der Waals surface area contributed by atoms with Crippen molar-refractivity contribution in [3.05, 3.63) is 66.0 Å². The Morgan fingerprint density at radius 1 is 1.00 bits per heavy atom. The van der Waals surface area contributed by atoms with E-state index in [0.29, 0.717) is 34.6 Å². The summed E-state index contributed by atoms with van der Waals surface area (Å²) >= 11 is 0. The molecule has 0 aliphatic rings. The third-order valence-electron chi connectivity index (χ3n) is 4.89. The molecule has 4 aromatic rings. The molecule has 1 atom stereocenters. The van der Waals surface area contributed by atoms with Crippen LogP contribution in [-0.4, -0.2) is 51.4 Å². The number of hydrogen-bond donors (Lipinski definition) is 1. The Bertz CT molecular complexity index is 1190. The van der Waals surface area contributed by atoms with Crippen LogP contribution in [0.4, 0.5) is 0 Å². The quantitative estimate of drug-likeness (QED) is 0.474. The van der Waals surface area contributed by atoms with Crippen LogP contribution in [0, 0.1) is 6.92 Å². The summed E-state index contributed by atoms with van der Waals surface area (Å²) in [6.45, 7) is 1.85. The van der Waals surface area contributed by atoms with Gasteiger partial charge in [0.2, 0.25) is 5.89 Å². The average molecular weight is 417 g/mol. The molecule has 4 rings (SSSR count). The molecule has 0 spiro atoms. The van der Waals surface area contributed by atoms with Gasteiger partial charge in [-0.2, -0.15) is 0 Å². The summed E-state index contributed by atoms with van der Waals surface area (Å²) in [4.78, 5) is 10.9. The molecule has 0 aliphatic heterocycles. The summed E-state index contributed by atoms with van der Waals surface area (Å²) in [5.41, 5.74) is 4.31. The second kappa shape index (κ2) is 8.63. The van der Waals surface area contributed by atoms with Gasteiger partial charge in [-0.15, -0.1) is 10.2 Å². The zero-order valence-corrected chi connectivity index (χ0v) is 17.8. The molecule has 0 aliphatic carbocycles. The van der Waals surface area contributed by atoms with E-state index in [2.05, 4.69) is 15.2 Å². The number of hydrogen-bond acceptors (Lipinski definition) is 8. The molecule has 8 heteroatoms. The minimum Gasteiger partial charge on any atom is -0.497 e. The van der Waals surface area contributed by atoms with E-state index in [9.17, 15) is 5.11 Å². The number of aliphatic hydroxyl groups is 1. The summed E-state index contributed by atoms with van der Waals surface area (Å²) in [6.07, 6.45) is 1.04. The molecule has 2 aromatic carbocycles. The van der Waals surface area contributed by atoms with Gasteiger partial charge in [0.15, 0.2) is 0 Å². The molecule has 8 nitrogen and oxygen atoms in total. The molecule has 0 amide bonds. The number of ether oxygens (including phenoxy) is 1. The molecule has 1 N–H and O–H groups in total. The standard InChI is InChI=1S/C23H23N5O3/c1-14-20(22-27-26-21(31-22)17-6-5-7-18(12-17)30-4)25-19(13-24-14)15-8-10-16(11-9-15)23(29)28(2)3/h5-13,23,29H,1-4H3. The number of rotatable bonds is 6. The number of methoxy groups -OCH3 is 1. The zero-order valence-electron chi connectivity index (χ0n) is 17.8. The second-order valence-electron chi connectivity index (χ2n) is 7.29. The van der Waals surface area contributed by atoms with E-state index in [0.717, 1.165) is 16.7 Å². The minimum absolute atomic E-state index is 0.296. The van der Waals surface area contributed by atoms with Crippen molar-refractivity contribution in [3.8, 4) is 40.0 Å². The van der Waals surface area contributed by atoms with Crippen molar-refractivity contribution in [2.45, 2.75) is 13.2 Å². The lowest BCUT2D eigenvalue weighted by Crippen LogP contribution is -2.18. The van der Waals surface area contributed by atoms with E-state index in [1.54, 1.807) is 18.2 Å². The number of aliphatic hydroxyl groups excluding tert-OH is 1. The van der Waals surface area contributed by atoms with E-state index >= 15 is 0 Å². The van der Waals surface area contributed by atoms with Crippen molar-refractivity contribution >= 4 is 0 Å². The summed E-state index contributed by atoms with van der Waals surface area (Å²) in [5.74, 6) is 1.38. The first kappa shape index (κ1) is 20.6. The molecule has 2 heterocycles. The van der Waals surface area contributed by atoms with Crippen molar-refractivity contribution in [2.75, 3.05) is 21.2 Å². The molecular formula is C23H23N5O3. The van der Waals surface area contributed by atoms with Gasteiger partial charge in [0.25, 0.3) is 5.89 Å². The summed E-state index contributed by atoms with van der Waals surface area (Å²) in [5, 5.41) is 18.5. The highest BCUT2D eigenvalue weighted by Crippen LogP contribution is 2.28. The molecule has 0 saturated carbocycles. The third-order valence-corrected chi connectivity index (χ3v) is 4.89. The van der Waals surface area contributed by atoms with Crippen molar-refractivity contribution in [2.24, 2.45) is 0 Å². The van der Waals surface area contributed by atoms with Gasteiger partial charge < -0.3 is 14.3 Å². The number of nitrogens with zero attached hydrogens (tertiary/aromatic N) is 5. The Hall–Kier alpha value is -3.62. The lowest BCUT2D eigenvalue weighted by atomic mass is 10.1. The number of aromatic nitrogens is 4. The molecule has 0 bridgehead atoms. The summed E-state index contributed by atoms with van der Waals surface area (Å²) < 4.78 is 11.1. The van der Waals surface area contributed by atoms with Crippen LogP contribution >= 0.6 is 0 Å². The van der Waals surface area contributed by atoms with Gasteiger partial charge in [0.05, 0.1) is 24.7 Å². The predicted octanol–water partition coefficient (Wildman–Crippen LogP) is 3.73. The molecule has 0 fully saturated rings.